The lowest BCUT2D eigenvalue weighted by Gasteiger charge is -2.22. The molecular formula is C17H19Cl2N3S. The Labute approximate surface area is 152 Å². The number of halogens is 2. The largest absolute Gasteiger partial charge is 0.378 e. The van der Waals surface area contributed by atoms with Crippen molar-refractivity contribution in [1.82, 2.24) is 4.90 Å². The highest BCUT2D eigenvalue weighted by atomic mass is 35.5. The van der Waals surface area contributed by atoms with Gasteiger partial charge in [0.15, 0.2) is 5.11 Å². The van der Waals surface area contributed by atoms with E-state index in [1.165, 1.54) is 11.3 Å². The third-order valence-corrected chi connectivity index (χ3v) is 4.18. The fraction of sp³-hybridized carbons (Fsp3) is 0.235. The summed E-state index contributed by atoms with van der Waals surface area (Å²) in [6.07, 6.45) is 0. The first-order valence-electron chi connectivity index (χ1n) is 7.09. The van der Waals surface area contributed by atoms with Crippen molar-refractivity contribution >= 4 is 51.9 Å². The molecule has 0 aliphatic carbocycles. The van der Waals surface area contributed by atoms with Gasteiger partial charge in [0, 0.05) is 49.1 Å². The molecule has 0 bridgehead atoms. The van der Waals surface area contributed by atoms with Gasteiger partial charge in [-0.1, -0.05) is 35.3 Å². The summed E-state index contributed by atoms with van der Waals surface area (Å²) in [5, 5.41) is 4.91. The van der Waals surface area contributed by atoms with Gasteiger partial charge in [-0.15, -0.1) is 0 Å². The number of hydrogen-bond acceptors (Lipinski definition) is 2. The summed E-state index contributed by atoms with van der Waals surface area (Å²) in [6.45, 7) is 0.716. The van der Waals surface area contributed by atoms with Gasteiger partial charge in [-0.25, -0.2) is 0 Å². The Hall–Kier alpha value is -1.49. The van der Waals surface area contributed by atoms with Gasteiger partial charge in [0.2, 0.25) is 0 Å². The lowest BCUT2D eigenvalue weighted by molar-refractivity contribution is 0.508. The maximum Gasteiger partial charge on any atom is 0.173 e. The highest BCUT2D eigenvalue weighted by molar-refractivity contribution is 7.80. The number of nitrogens with one attached hydrogen (secondary N) is 1. The molecule has 0 radical (unpaired) electrons. The van der Waals surface area contributed by atoms with Gasteiger partial charge in [-0.3, -0.25) is 0 Å². The third kappa shape index (κ3) is 5.27. The van der Waals surface area contributed by atoms with E-state index in [1.54, 1.807) is 18.2 Å². The van der Waals surface area contributed by atoms with Crippen LogP contribution < -0.4 is 10.2 Å². The van der Waals surface area contributed by atoms with E-state index in [4.69, 9.17) is 35.4 Å². The Morgan fingerprint density at radius 2 is 1.57 bits per heavy atom. The molecule has 0 aromatic heterocycles. The van der Waals surface area contributed by atoms with Gasteiger partial charge >= 0.3 is 0 Å². The molecule has 1 N–H and O–H groups in total. The summed E-state index contributed by atoms with van der Waals surface area (Å²) in [6, 6.07) is 13.7. The Kier molecular flexibility index (Phi) is 6.10. The third-order valence-electron chi connectivity index (χ3n) is 3.33. The lowest BCUT2D eigenvalue weighted by atomic mass is 10.2. The first-order valence-corrected chi connectivity index (χ1v) is 8.26. The summed E-state index contributed by atoms with van der Waals surface area (Å²) < 4.78 is 0. The van der Waals surface area contributed by atoms with E-state index in [-0.39, 0.29) is 0 Å². The molecule has 2 aromatic rings. The number of benzene rings is 2. The second-order valence-corrected chi connectivity index (χ2v) is 6.76. The highest BCUT2D eigenvalue weighted by Gasteiger charge is 2.07. The van der Waals surface area contributed by atoms with Crippen molar-refractivity contribution in [3.05, 3.63) is 58.1 Å². The Bertz CT molecular complexity index is 666. The average molecular weight is 368 g/mol. The molecule has 0 atom stereocenters. The first-order chi connectivity index (χ1) is 10.8. The Morgan fingerprint density at radius 3 is 2.09 bits per heavy atom. The first kappa shape index (κ1) is 17.9. The monoisotopic (exact) mass is 367 g/mol. The number of anilines is 2. The predicted molar refractivity (Wildman–Crippen MR) is 105 cm³/mol. The summed E-state index contributed by atoms with van der Waals surface area (Å²) in [5.41, 5.74) is 3.14. The van der Waals surface area contributed by atoms with Crippen LogP contribution in [0.2, 0.25) is 10.0 Å². The van der Waals surface area contributed by atoms with Crippen molar-refractivity contribution in [2.24, 2.45) is 0 Å². The molecule has 3 nitrogen and oxygen atoms in total. The molecule has 6 heteroatoms. The molecule has 122 valence electrons. The summed E-state index contributed by atoms with van der Waals surface area (Å²) in [5.74, 6) is 0. The van der Waals surface area contributed by atoms with E-state index in [2.05, 4.69) is 34.5 Å². The van der Waals surface area contributed by atoms with E-state index < -0.39 is 0 Å². The van der Waals surface area contributed by atoms with Crippen LogP contribution in [0.4, 0.5) is 11.4 Å². The van der Waals surface area contributed by atoms with Gasteiger partial charge in [-0.05, 0) is 48.1 Å². The molecule has 23 heavy (non-hydrogen) atoms. The minimum Gasteiger partial charge on any atom is -0.378 e. The molecule has 0 aliphatic rings. The van der Waals surface area contributed by atoms with E-state index in [0.29, 0.717) is 21.7 Å². The van der Waals surface area contributed by atoms with Crippen molar-refractivity contribution in [2.45, 2.75) is 6.54 Å². The van der Waals surface area contributed by atoms with Crippen molar-refractivity contribution in [1.29, 1.82) is 0 Å². The molecule has 0 heterocycles. The zero-order valence-electron chi connectivity index (χ0n) is 13.3. The quantitative estimate of drug-likeness (QED) is 0.775. The predicted octanol–water partition coefficient (Wildman–Crippen LogP) is 4.89. The molecule has 0 amide bonds. The van der Waals surface area contributed by atoms with Crippen molar-refractivity contribution < 1.29 is 0 Å². The molecule has 0 aliphatic heterocycles. The Morgan fingerprint density at radius 1 is 1.00 bits per heavy atom. The van der Waals surface area contributed by atoms with Crippen molar-refractivity contribution in [2.75, 3.05) is 31.4 Å². The van der Waals surface area contributed by atoms with Crippen molar-refractivity contribution in [3.8, 4) is 0 Å². The maximum atomic E-state index is 6.00. The summed E-state index contributed by atoms with van der Waals surface area (Å²) >= 11 is 17.4. The standard InChI is InChI=1S/C17H19Cl2N3S/c1-21(2)16-6-4-12(5-7-16)11-22(3)17(23)20-15-9-13(18)8-14(19)10-15/h4-10H,11H2,1-3H3,(H,20,23). The summed E-state index contributed by atoms with van der Waals surface area (Å²) in [7, 11) is 5.99. The van der Waals surface area contributed by atoms with Gasteiger partial charge < -0.3 is 15.1 Å². The fourth-order valence-electron chi connectivity index (χ4n) is 2.09. The van der Waals surface area contributed by atoms with E-state index in [9.17, 15) is 0 Å². The molecule has 0 spiro atoms. The maximum absolute atomic E-state index is 6.00. The second-order valence-electron chi connectivity index (χ2n) is 5.51. The molecule has 2 rings (SSSR count). The average Bonchev–Trinajstić information content (AvgIpc) is 2.46. The molecule has 0 saturated heterocycles. The normalized spacial score (nSPS) is 10.3. The number of hydrogen-bond donors (Lipinski definition) is 1. The highest BCUT2D eigenvalue weighted by Crippen LogP contribution is 2.23. The van der Waals surface area contributed by atoms with Crippen LogP contribution in [-0.2, 0) is 6.54 Å². The van der Waals surface area contributed by atoms with E-state index in [0.717, 1.165) is 5.69 Å². The SMILES string of the molecule is CN(Cc1ccc(N(C)C)cc1)C(=S)Nc1cc(Cl)cc(Cl)c1. The number of nitrogens with zero attached hydrogens (tertiary/aromatic N) is 2. The number of rotatable bonds is 4. The van der Waals surface area contributed by atoms with Crippen LogP contribution in [0.5, 0.6) is 0 Å². The Balaban J connectivity index is 1.99. The minimum atomic E-state index is 0.574. The zero-order valence-corrected chi connectivity index (χ0v) is 15.6. The molecular weight excluding hydrogens is 349 g/mol. The van der Waals surface area contributed by atoms with Crippen LogP contribution in [0.15, 0.2) is 42.5 Å². The topological polar surface area (TPSA) is 18.5 Å². The van der Waals surface area contributed by atoms with Crippen LogP contribution in [0.1, 0.15) is 5.56 Å². The molecule has 0 unspecified atom stereocenters. The minimum absolute atomic E-state index is 0.574. The van der Waals surface area contributed by atoms with Gasteiger partial charge in [0.05, 0.1) is 0 Å². The van der Waals surface area contributed by atoms with Crippen LogP contribution in [0, 0.1) is 0 Å². The van der Waals surface area contributed by atoms with Crippen LogP contribution in [0.25, 0.3) is 0 Å². The molecule has 0 saturated carbocycles. The smallest absolute Gasteiger partial charge is 0.173 e. The molecule has 2 aromatic carbocycles. The molecule has 0 fully saturated rings. The van der Waals surface area contributed by atoms with E-state index >= 15 is 0 Å². The fourth-order valence-corrected chi connectivity index (χ4v) is 2.80. The van der Waals surface area contributed by atoms with Crippen molar-refractivity contribution in [3.63, 3.8) is 0 Å². The zero-order chi connectivity index (χ0) is 17.0. The van der Waals surface area contributed by atoms with Crippen LogP contribution in [0.3, 0.4) is 0 Å². The van der Waals surface area contributed by atoms with E-state index in [1.807, 2.05) is 26.0 Å². The van der Waals surface area contributed by atoms with Gasteiger partial charge in [0.25, 0.3) is 0 Å². The lowest BCUT2D eigenvalue weighted by Crippen LogP contribution is -2.30. The van der Waals surface area contributed by atoms with Gasteiger partial charge in [-0.2, -0.15) is 0 Å². The van der Waals surface area contributed by atoms with Crippen LogP contribution in [-0.4, -0.2) is 31.2 Å². The number of thiocarbonyl (C=S) groups is 1. The van der Waals surface area contributed by atoms with Crippen LogP contribution >= 0.6 is 35.4 Å². The van der Waals surface area contributed by atoms with Gasteiger partial charge in [0.1, 0.15) is 0 Å². The summed E-state index contributed by atoms with van der Waals surface area (Å²) in [4.78, 5) is 4.04. The second kappa shape index (κ2) is 7.86.